The van der Waals surface area contributed by atoms with Crippen molar-refractivity contribution >= 4 is 93.5 Å². The number of fused-ring (bicyclic) bond motifs is 15. The first-order valence-corrected chi connectivity index (χ1v) is 22.5. The molecule has 15 aromatic rings. The highest BCUT2D eigenvalue weighted by Gasteiger charge is 2.26. The second kappa shape index (κ2) is 13.2. The van der Waals surface area contributed by atoms with Gasteiger partial charge in [-0.3, -0.25) is 27.2 Å². The zero-order valence-corrected chi connectivity index (χ0v) is 35.5. The molecule has 308 valence electrons. The highest BCUT2D eigenvalue weighted by atomic mass is 15.2. The van der Waals surface area contributed by atoms with Crippen molar-refractivity contribution < 1.29 is 0 Å². The van der Waals surface area contributed by atoms with E-state index < -0.39 is 0 Å². The number of nitrogens with zero attached hydrogens (tertiary/aromatic N) is 7. The molecule has 15 rings (SSSR count). The zero-order valence-electron chi connectivity index (χ0n) is 35.5. The molecule has 66 heavy (non-hydrogen) atoms. The van der Waals surface area contributed by atoms with Gasteiger partial charge in [-0.1, -0.05) is 121 Å². The van der Waals surface area contributed by atoms with E-state index in [9.17, 15) is 0 Å². The molecule has 0 amide bonds. The highest BCUT2D eigenvalue weighted by molar-refractivity contribution is 6.24. The summed E-state index contributed by atoms with van der Waals surface area (Å²) in [4.78, 5) is 5.23. The summed E-state index contributed by atoms with van der Waals surface area (Å²) in [7, 11) is 0. The Bertz CT molecular complexity index is 4460. The van der Waals surface area contributed by atoms with Gasteiger partial charge in [0.05, 0.1) is 49.8 Å². The number of aromatic nitrogens is 7. The van der Waals surface area contributed by atoms with Crippen LogP contribution < -0.4 is 0 Å². The molecule has 0 aliphatic heterocycles. The molecule has 0 spiro atoms. The van der Waals surface area contributed by atoms with Gasteiger partial charge < -0.3 is 0 Å². The lowest BCUT2D eigenvalue weighted by Gasteiger charge is -2.15. The molecule has 0 aliphatic rings. The summed E-state index contributed by atoms with van der Waals surface area (Å²) >= 11 is 0. The molecule has 0 saturated heterocycles. The van der Waals surface area contributed by atoms with Gasteiger partial charge in [0.2, 0.25) is 5.78 Å². The zero-order chi connectivity index (χ0) is 43.0. The molecule has 0 fully saturated rings. The average molecular weight is 844 g/mol. The number of rotatable bonds is 5. The fraction of sp³-hybridized carbons (Fsp3) is 0. The number of imidazole rings is 2. The lowest BCUT2D eigenvalue weighted by molar-refractivity contribution is 1.05. The summed E-state index contributed by atoms with van der Waals surface area (Å²) in [6.07, 6.45) is 0. The maximum Gasteiger partial charge on any atom is 0.220 e. The lowest BCUT2D eigenvalue weighted by Crippen LogP contribution is -2.03. The van der Waals surface area contributed by atoms with Crippen LogP contribution in [0.1, 0.15) is 0 Å². The fourth-order valence-electron chi connectivity index (χ4n) is 11.2. The van der Waals surface area contributed by atoms with Crippen LogP contribution in [-0.2, 0) is 0 Å². The second-order valence-corrected chi connectivity index (χ2v) is 17.2. The van der Waals surface area contributed by atoms with Crippen LogP contribution in [0.25, 0.3) is 122 Å². The van der Waals surface area contributed by atoms with Gasteiger partial charge in [0.1, 0.15) is 11.3 Å². The van der Waals surface area contributed by atoms with E-state index in [1.54, 1.807) is 0 Å². The Morgan fingerprint density at radius 1 is 0.258 bits per heavy atom. The van der Waals surface area contributed by atoms with E-state index in [1.165, 1.54) is 43.4 Å². The predicted octanol–water partition coefficient (Wildman–Crippen LogP) is 14.5. The molecule has 9 aromatic carbocycles. The van der Waals surface area contributed by atoms with Gasteiger partial charge >= 0.3 is 0 Å². The number of para-hydroxylation sites is 9. The summed E-state index contributed by atoms with van der Waals surface area (Å²) in [5.74, 6) is 0.887. The van der Waals surface area contributed by atoms with E-state index in [-0.39, 0.29) is 0 Å². The third kappa shape index (κ3) is 4.67. The van der Waals surface area contributed by atoms with Crippen LogP contribution in [0.5, 0.6) is 0 Å². The van der Waals surface area contributed by atoms with Gasteiger partial charge in [0.25, 0.3) is 0 Å². The first kappa shape index (κ1) is 35.4. The molecule has 0 radical (unpaired) electrons. The lowest BCUT2D eigenvalue weighted by atomic mass is 10.1. The average Bonchev–Trinajstić information content (AvgIpc) is 4.21. The minimum absolute atomic E-state index is 0.887. The fourth-order valence-corrected chi connectivity index (χ4v) is 11.2. The van der Waals surface area contributed by atoms with Gasteiger partial charge in [0, 0.05) is 55.1 Å². The summed E-state index contributed by atoms with van der Waals surface area (Å²) in [6, 6.07) is 81.2. The Hall–Kier alpha value is -9.07. The number of hydrogen-bond acceptors (Lipinski definition) is 1. The normalized spacial score (nSPS) is 12.2. The minimum atomic E-state index is 0.887. The van der Waals surface area contributed by atoms with Crippen molar-refractivity contribution in [2.45, 2.75) is 0 Å². The Kier molecular flexibility index (Phi) is 7.10. The molecule has 0 bridgehead atoms. The van der Waals surface area contributed by atoms with E-state index in [1.807, 2.05) is 0 Å². The Morgan fingerprint density at radius 3 is 1.26 bits per heavy atom. The summed E-state index contributed by atoms with van der Waals surface area (Å²) in [5, 5.41) is 7.32. The molecular formula is C59H37N7. The number of benzene rings is 9. The van der Waals surface area contributed by atoms with Crippen LogP contribution in [0.15, 0.2) is 224 Å². The van der Waals surface area contributed by atoms with E-state index >= 15 is 0 Å². The van der Waals surface area contributed by atoms with Crippen molar-refractivity contribution in [2.24, 2.45) is 0 Å². The van der Waals surface area contributed by atoms with E-state index in [2.05, 4.69) is 252 Å². The molecule has 0 saturated carbocycles. The highest BCUT2D eigenvalue weighted by Crippen LogP contribution is 2.45. The standard InChI is InChI=1S/C59H37N7/c1-3-18-38(19-4-1)61-48-28-11-7-24-43(48)55-44-25-8-13-30-50(44)64(57(55)61)42-34-35-51-46(37-42)56-45-26-9-12-29-49(45)62(39-20-5-2-6-21-39)58(56)63(51)40-22-17-23-41(36-40)65-53-32-15-16-33-54(53)66-52-31-14-10-27-47(52)60-59(65)66/h1-37H. The van der Waals surface area contributed by atoms with Crippen molar-refractivity contribution in [3.63, 3.8) is 0 Å². The van der Waals surface area contributed by atoms with Crippen molar-refractivity contribution in [2.75, 3.05) is 0 Å². The van der Waals surface area contributed by atoms with E-state index in [4.69, 9.17) is 4.98 Å². The van der Waals surface area contributed by atoms with Crippen molar-refractivity contribution in [3.8, 4) is 28.4 Å². The molecule has 7 nitrogen and oxygen atoms in total. The monoisotopic (exact) mass is 843 g/mol. The van der Waals surface area contributed by atoms with E-state index in [0.29, 0.717) is 0 Å². The molecule has 6 heterocycles. The van der Waals surface area contributed by atoms with Gasteiger partial charge in [-0.15, -0.1) is 0 Å². The van der Waals surface area contributed by atoms with Crippen LogP contribution in [0.4, 0.5) is 0 Å². The predicted molar refractivity (Wildman–Crippen MR) is 272 cm³/mol. The molecule has 0 atom stereocenters. The van der Waals surface area contributed by atoms with Crippen molar-refractivity contribution in [1.82, 2.24) is 32.2 Å². The largest absolute Gasteiger partial charge is 0.295 e. The van der Waals surface area contributed by atoms with Gasteiger partial charge in [-0.2, -0.15) is 0 Å². The Balaban J connectivity index is 1.06. The third-order valence-corrected chi connectivity index (χ3v) is 13.8. The minimum Gasteiger partial charge on any atom is -0.295 e. The second-order valence-electron chi connectivity index (χ2n) is 17.2. The molecule has 0 aliphatic carbocycles. The summed E-state index contributed by atoms with van der Waals surface area (Å²) in [6.45, 7) is 0. The molecule has 0 unspecified atom stereocenters. The smallest absolute Gasteiger partial charge is 0.220 e. The van der Waals surface area contributed by atoms with E-state index in [0.717, 1.165) is 78.6 Å². The van der Waals surface area contributed by atoms with Crippen LogP contribution in [0.3, 0.4) is 0 Å². The van der Waals surface area contributed by atoms with Gasteiger partial charge in [-0.05, 0) is 103 Å². The first-order chi connectivity index (χ1) is 32.8. The quantitative estimate of drug-likeness (QED) is 0.170. The van der Waals surface area contributed by atoms with Crippen LogP contribution in [-0.4, -0.2) is 32.2 Å². The van der Waals surface area contributed by atoms with Gasteiger partial charge in [0.15, 0.2) is 0 Å². The van der Waals surface area contributed by atoms with Crippen LogP contribution in [0.2, 0.25) is 0 Å². The molecule has 0 N–H and O–H groups in total. The van der Waals surface area contributed by atoms with Crippen molar-refractivity contribution in [1.29, 1.82) is 0 Å². The Morgan fingerprint density at radius 2 is 0.667 bits per heavy atom. The third-order valence-electron chi connectivity index (χ3n) is 13.8. The van der Waals surface area contributed by atoms with Crippen LogP contribution in [0, 0.1) is 0 Å². The Labute approximate surface area is 377 Å². The van der Waals surface area contributed by atoms with Gasteiger partial charge in [-0.25, -0.2) is 4.98 Å². The SMILES string of the molecule is c1ccc(-n2c3ccccc3c3c4ccccc4n(-c4ccc5c(c4)c4c6ccccc6n(-c6ccccc6)c4n5-c4cccc(-n5c6ccccc6n6c7ccccc7nc56)c4)c32)cc1. The number of hydrogen-bond donors (Lipinski definition) is 0. The van der Waals surface area contributed by atoms with Crippen molar-refractivity contribution in [3.05, 3.63) is 224 Å². The molecule has 6 aromatic heterocycles. The summed E-state index contributed by atoms with van der Waals surface area (Å²) in [5.41, 5.74) is 16.6. The summed E-state index contributed by atoms with van der Waals surface area (Å²) < 4.78 is 14.4. The molecule has 7 heteroatoms. The van der Waals surface area contributed by atoms with Crippen LogP contribution >= 0.6 is 0 Å². The topological polar surface area (TPSA) is 42.0 Å². The molecular weight excluding hydrogens is 807 g/mol. The maximum atomic E-state index is 5.23. The first-order valence-electron chi connectivity index (χ1n) is 22.5. The maximum absolute atomic E-state index is 5.23.